The molecule has 0 saturated carbocycles. The van der Waals surface area contributed by atoms with Crippen molar-refractivity contribution in [1.82, 2.24) is 14.3 Å². The van der Waals surface area contributed by atoms with Crippen molar-refractivity contribution in [1.29, 1.82) is 0 Å². The van der Waals surface area contributed by atoms with E-state index < -0.39 is 21.8 Å². The van der Waals surface area contributed by atoms with Crippen LogP contribution in [-0.2, 0) is 29.3 Å². The van der Waals surface area contributed by atoms with Crippen molar-refractivity contribution in [2.45, 2.75) is 24.2 Å². The standard InChI is InChI=1S/C13H10F3N3O2S/c14-13(15,16)10-2-1-3-11(4-10)22(20,21)19-6-9-5-17-8-18-12(9)7-19/h1-5,8H,6-7H2. The second-order valence-electron chi connectivity index (χ2n) is 4.79. The molecule has 0 N–H and O–H groups in total. The van der Waals surface area contributed by atoms with E-state index in [1.54, 1.807) is 0 Å². The quantitative estimate of drug-likeness (QED) is 0.847. The average Bonchev–Trinajstić information content (AvgIpc) is 2.91. The van der Waals surface area contributed by atoms with Crippen LogP contribution in [0.2, 0.25) is 0 Å². The molecule has 116 valence electrons. The van der Waals surface area contributed by atoms with E-state index in [0.29, 0.717) is 17.3 Å². The third-order valence-corrected chi connectivity index (χ3v) is 5.14. The molecule has 9 heteroatoms. The van der Waals surface area contributed by atoms with Crippen molar-refractivity contribution >= 4 is 10.0 Å². The van der Waals surface area contributed by atoms with Gasteiger partial charge in [-0.05, 0) is 18.2 Å². The zero-order chi connectivity index (χ0) is 16.0. The molecular weight excluding hydrogens is 319 g/mol. The number of alkyl halides is 3. The zero-order valence-corrected chi connectivity index (χ0v) is 11.9. The number of rotatable bonds is 2. The Kier molecular flexibility index (Phi) is 3.41. The number of benzene rings is 1. The number of halogens is 3. The monoisotopic (exact) mass is 329 g/mol. The molecule has 3 rings (SSSR count). The van der Waals surface area contributed by atoms with Crippen molar-refractivity contribution in [2.24, 2.45) is 0 Å². The summed E-state index contributed by atoms with van der Waals surface area (Å²) in [5.74, 6) is 0. The van der Waals surface area contributed by atoms with Gasteiger partial charge in [0.15, 0.2) is 0 Å². The summed E-state index contributed by atoms with van der Waals surface area (Å²) in [6.45, 7) is 0.0746. The van der Waals surface area contributed by atoms with Gasteiger partial charge in [-0.2, -0.15) is 17.5 Å². The van der Waals surface area contributed by atoms with E-state index in [9.17, 15) is 21.6 Å². The Morgan fingerprint density at radius 1 is 1.18 bits per heavy atom. The lowest BCUT2D eigenvalue weighted by Gasteiger charge is -2.16. The normalized spacial score (nSPS) is 15.8. The van der Waals surface area contributed by atoms with E-state index in [4.69, 9.17) is 0 Å². The Morgan fingerprint density at radius 2 is 1.95 bits per heavy atom. The maximum absolute atomic E-state index is 12.7. The molecule has 0 amide bonds. The minimum absolute atomic E-state index is 0.0242. The molecule has 5 nitrogen and oxygen atoms in total. The van der Waals surface area contributed by atoms with Gasteiger partial charge in [-0.25, -0.2) is 18.4 Å². The molecule has 1 aliphatic heterocycles. The van der Waals surface area contributed by atoms with Gasteiger partial charge in [-0.15, -0.1) is 0 Å². The summed E-state index contributed by atoms with van der Waals surface area (Å²) in [5, 5.41) is 0. The molecule has 0 saturated heterocycles. The topological polar surface area (TPSA) is 63.2 Å². The van der Waals surface area contributed by atoms with E-state index in [1.807, 2.05) is 0 Å². The number of fused-ring (bicyclic) bond motifs is 1. The molecule has 2 aromatic rings. The van der Waals surface area contributed by atoms with Crippen LogP contribution in [0, 0.1) is 0 Å². The van der Waals surface area contributed by atoms with E-state index in [-0.39, 0.29) is 18.0 Å². The van der Waals surface area contributed by atoms with Gasteiger partial charge in [0, 0.05) is 18.3 Å². The number of nitrogens with zero attached hydrogens (tertiary/aromatic N) is 3. The van der Waals surface area contributed by atoms with Crippen LogP contribution in [0.5, 0.6) is 0 Å². The molecule has 22 heavy (non-hydrogen) atoms. The van der Waals surface area contributed by atoms with Crippen molar-refractivity contribution < 1.29 is 21.6 Å². The van der Waals surface area contributed by atoms with Crippen LogP contribution >= 0.6 is 0 Å². The van der Waals surface area contributed by atoms with E-state index in [1.165, 1.54) is 12.5 Å². The van der Waals surface area contributed by atoms with Crippen LogP contribution in [0.15, 0.2) is 41.7 Å². The smallest absolute Gasteiger partial charge is 0.244 e. The van der Waals surface area contributed by atoms with E-state index in [2.05, 4.69) is 9.97 Å². The van der Waals surface area contributed by atoms with Crippen LogP contribution in [-0.4, -0.2) is 22.7 Å². The second kappa shape index (κ2) is 5.03. The van der Waals surface area contributed by atoms with Gasteiger partial charge < -0.3 is 0 Å². The molecule has 1 aromatic heterocycles. The average molecular weight is 329 g/mol. The minimum atomic E-state index is -4.59. The molecule has 1 aliphatic rings. The third-order valence-electron chi connectivity index (χ3n) is 3.35. The van der Waals surface area contributed by atoms with Gasteiger partial charge in [0.25, 0.3) is 0 Å². The first kappa shape index (κ1) is 14.9. The summed E-state index contributed by atoms with van der Waals surface area (Å²) in [4.78, 5) is 7.40. The molecule has 0 fully saturated rings. The Morgan fingerprint density at radius 3 is 2.64 bits per heavy atom. The predicted octanol–water partition coefficient (Wildman–Crippen LogP) is 2.20. The van der Waals surface area contributed by atoms with Crippen LogP contribution in [0.3, 0.4) is 0 Å². The van der Waals surface area contributed by atoms with Crippen molar-refractivity contribution in [3.05, 3.63) is 53.6 Å². The molecule has 0 unspecified atom stereocenters. The van der Waals surface area contributed by atoms with E-state index in [0.717, 1.165) is 22.5 Å². The molecule has 0 radical (unpaired) electrons. The zero-order valence-electron chi connectivity index (χ0n) is 11.1. The van der Waals surface area contributed by atoms with Crippen LogP contribution in [0.25, 0.3) is 0 Å². The number of hydrogen-bond acceptors (Lipinski definition) is 4. The highest BCUT2D eigenvalue weighted by molar-refractivity contribution is 7.89. The lowest BCUT2D eigenvalue weighted by atomic mass is 10.2. The maximum Gasteiger partial charge on any atom is 0.416 e. The van der Waals surface area contributed by atoms with Gasteiger partial charge >= 0.3 is 6.18 Å². The summed E-state index contributed by atoms with van der Waals surface area (Å²) in [5.41, 5.74) is 0.216. The Balaban J connectivity index is 1.95. The predicted molar refractivity (Wildman–Crippen MR) is 69.9 cm³/mol. The van der Waals surface area contributed by atoms with Gasteiger partial charge in [0.05, 0.1) is 22.7 Å². The Labute approximate surface area is 124 Å². The first-order valence-corrected chi connectivity index (χ1v) is 7.67. The molecule has 1 aromatic carbocycles. The second-order valence-corrected chi connectivity index (χ2v) is 6.73. The van der Waals surface area contributed by atoms with Crippen molar-refractivity contribution in [3.63, 3.8) is 0 Å². The molecule has 0 aliphatic carbocycles. The first-order valence-electron chi connectivity index (χ1n) is 6.23. The first-order chi connectivity index (χ1) is 10.3. The number of sulfonamides is 1. The molecule has 0 atom stereocenters. The molecule has 0 spiro atoms. The summed E-state index contributed by atoms with van der Waals surface area (Å²) >= 11 is 0. The SMILES string of the molecule is O=S(=O)(c1cccc(C(F)(F)F)c1)N1Cc2cncnc2C1. The highest BCUT2D eigenvalue weighted by Gasteiger charge is 2.35. The Bertz CT molecular complexity index is 796. The fraction of sp³-hybridized carbons (Fsp3) is 0.231. The minimum Gasteiger partial charge on any atom is -0.244 e. The van der Waals surface area contributed by atoms with Crippen molar-refractivity contribution in [2.75, 3.05) is 0 Å². The van der Waals surface area contributed by atoms with Gasteiger partial charge in [-0.3, -0.25) is 0 Å². The highest BCUT2D eigenvalue weighted by atomic mass is 32.2. The van der Waals surface area contributed by atoms with Crippen molar-refractivity contribution in [3.8, 4) is 0 Å². The number of hydrogen-bond donors (Lipinski definition) is 0. The van der Waals surface area contributed by atoms with E-state index >= 15 is 0 Å². The fourth-order valence-electron chi connectivity index (χ4n) is 2.22. The lowest BCUT2D eigenvalue weighted by molar-refractivity contribution is -0.137. The summed E-state index contributed by atoms with van der Waals surface area (Å²) in [6.07, 6.45) is -1.78. The summed E-state index contributed by atoms with van der Waals surface area (Å²) in [6, 6.07) is 3.71. The van der Waals surface area contributed by atoms with Gasteiger partial charge in [0.2, 0.25) is 10.0 Å². The largest absolute Gasteiger partial charge is 0.416 e. The van der Waals surface area contributed by atoms with Crippen LogP contribution in [0.1, 0.15) is 16.8 Å². The Hall–Kier alpha value is -2.00. The molecule has 0 bridgehead atoms. The van der Waals surface area contributed by atoms with Gasteiger partial charge in [0.1, 0.15) is 6.33 Å². The van der Waals surface area contributed by atoms with Crippen LogP contribution < -0.4 is 0 Å². The lowest BCUT2D eigenvalue weighted by Crippen LogP contribution is -2.26. The fourth-order valence-corrected chi connectivity index (χ4v) is 3.65. The number of aromatic nitrogens is 2. The summed E-state index contributed by atoms with van der Waals surface area (Å²) < 4.78 is 64.2. The maximum atomic E-state index is 12.7. The third kappa shape index (κ3) is 2.57. The van der Waals surface area contributed by atoms with Gasteiger partial charge in [-0.1, -0.05) is 6.07 Å². The molecule has 2 heterocycles. The summed E-state index contributed by atoms with van der Waals surface area (Å²) in [7, 11) is -4.02. The van der Waals surface area contributed by atoms with Crippen LogP contribution in [0.4, 0.5) is 13.2 Å². The molecular formula is C13H10F3N3O2S. The highest BCUT2D eigenvalue weighted by Crippen LogP contribution is 2.32.